The van der Waals surface area contributed by atoms with Crippen molar-refractivity contribution < 1.29 is 9.21 Å². The van der Waals surface area contributed by atoms with Crippen molar-refractivity contribution in [3.8, 4) is 0 Å². The number of para-hydroxylation sites is 1. The van der Waals surface area contributed by atoms with Gasteiger partial charge in [0.1, 0.15) is 5.58 Å². The van der Waals surface area contributed by atoms with Gasteiger partial charge in [0, 0.05) is 31.6 Å². The van der Waals surface area contributed by atoms with E-state index in [1.807, 2.05) is 31.2 Å². The van der Waals surface area contributed by atoms with Crippen LogP contribution in [-0.4, -0.2) is 43.4 Å². The van der Waals surface area contributed by atoms with Crippen LogP contribution >= 0.6 is 0 Å². The monoisotopic (exact) mass is 258 g/mol. The van der Waals surface area contributed by atoms with Gasteiger partial charge < -0.3 is 9.73 Å². The molecule has 0 atom stereocenters. The fourth-order valence-electron chi connectivity index (χ4n) is 2.50. The van der Waals surface area contributed by atoms with E-state index in [9.17, 15) is 4.79 Å². The first-order valence-corrected chi connectivity index (χ1v) is 6.69. The van der Waals surface area contributed by atoms with E-state index in [4.69, 9.17) is 4.42 Å². The van der Waals surface area contributed by atoms with Gasteiger partial charge in [0.15, 0.2) is 5.76 Å². The summed E-state index contributed by atoms with van der Waals surface area (Å²) in [6, 6.07) is 7.81. The second-order valence-electron chi connectivity index (χ2n) is 5.05. The Kier molecular flexibility index (Phi) is 3.36. The minimum Gasteiger partial charge on any atom is -0.453 e. The number of fused-ring (bicyclic) bond motifs is 1. The molecule has 0 amide bonds. The molecule has 1 aliphatic heterocycles. The first kappa shape index (κ1) is 12.4. The Bertz CT molecular complexity index is 597. The van der Waals surface area contributed by atoms with E-state index in [1.54, 1.807) is 0 Å². The van der Waals surface area contributed by atoms with Crippen molar-refractivity contribution in [2.75, 3.05) is 32.7 Å². The van der Waals surface area contributed by atoms with Crippen LogP contribution in [0.25, 0.3) is 11.0 Å². The number of nitrogens with one attached hydrogen (secondary N) is 1. The largest absolute Gasteiger partial charge is 0.453 e. The van der Waals surface area contributed by atoms with Gasteiger partial charge in [0.25, 0.3) is 0 Å². The minimum absolute atomic E-state index is 0.0671. The molecule has 0 unspecified atom stereocenters. The summed E-state index contributed by atoms with van der Waals surface area (Å²) in [7, 11) is 0. The second-order valence-corrected chi connectivity index (χ2v) is 5.05. The van der Waals surface area contributed by atoms with Crippen molar-refractivity contribution in [3.63, 3.8) is 0 Å². The Morgan fingerprint density at radius 2 is 2.16 bits per heavy atom. The molecule has 3 rings (SSSR count). The number of ketones is 1. The molecule has 2 heterocycles. The van der Waals surface area contributed by atoms with Crippen LogP contribution < -0.4 is 5.32 Å². The highest BCUT2D eigenvalue weighted by Crippen LogP contribution is 2.22. The van der Waals surface area contributed by atoms with E-state index in [-0.39, 0.29) is 5.78 Å². The molecule has 1 N–H and O–H groups in total. The molecule has 1 aromatic heterocycles. The van der Waals surface area contributed by atoms with Gasteiger partial charge in [-0.05, 0) is 18.6 Å². The lowest BCUT2D eigenvalue weighted by Gasteiger charge is -2.25. The van der Waals surface area contributed by atoms with Crippen LogP contribution in [-0.2, 0) is 0 Å². The summed E-state index contributed by atoms with van der Waals surface area (Å²) >= 11 is 0. The van der Waals surface area contributed by atoms with Crippen LogP contribution in [0.4, 0.5) is 0 Å². The number of rotatable bonds is 3. The highest BCUT2D eigenvalue weighted by Gasteiger charge is 2.18. The lowest BCUT2D eigenvalue weighted by molar-refractivity contribution is 0.0896. The standard InChI is InChI=1S/C15H18N2O2/c1-11-3-2-4-12-9-14(19-15(11)12)13(18)10-17-7-5-16-6-8-17/h2-4,9,16H,5-8,10H2,1H3. The molecule has 4 heteroatoms. The van der Waals surface area contributed by atoms with Gasteiger partial charge in [0.2, 0.25) is 5.78 Å². The number of benzene rings is 1. The van der Waals surface area contributed by atoms with Crippen molar-refractivity contribution in [1.82, 2.24) is 10.2 Å². The van der Waals surface area contributed by atoms with Crippen LogP contribution in [0, 0.1) is 6.92 Å². The molecule has 1 fully saturated rings. The van der Waals surface area contributed by atoms with Crippen molar-refractivity contribution >= 4 is 16.8 Å². The maximum Gasteiger partial charge on any atom is 0.211 e. The number of hydrogen-bond donors (Lipinski definition) is 1. The first-order chi connectivity index (χ1) is 9.24. The molecule has 0 bridgehead atoms. The number of nitrogens with zero attached hydrogens (tertiary/aromatic N) is 1. The first-order valence-electron chi connectivity index (χ1n) is 6.69. The highest BCUT2D eigenvalue weighted by molar-refractivity contribution is 5.99. The van der Waals surface area contributed by atoms with Gasteiger partial charge in [-0.15, -0.1) is 0 Å². The number of aryl methyl sites for hydroxylation is 1. The van der Waals surface area contributed by atoms with Gasteiger partial charge >= 0.3 is 0 Å². The molecule has 0 spiro atoms. The molecular weight excluding hydrogens is 240 g/mol. The average molecular weight is 258 g/mol. The molecule has 4 nitrogen and oxygen atoms in total. The maximum absolute atomic E-state index is 12.2. The molecule has 0 radical (unpaired) electrons. The zero-order chi connectivity index (χ0) is 13.2. The molecule has 0 saturated carbocycles. The highest BCUT2D eigenvalue weighted by atomic mass is 16.3. The van der Waals surface area contributed by atoms with Crippen LogP contribution in [0.5, 0.6) is 0 Å². The zero-order valence-electron chi connectivity index (χ0n) is 11.1. The summed E-state index contributed by atoms with van der Waals surface area (Å²) < 4.78 is 5.71. The summed E-state index contributed by atoms with van der Waals surface area (Å²) in [5.41, 5.74) is 1.89. The van der Waals surface area contributed by atoms with Crippen LogP contribution in [0.3, 0.4) is 0 Å². The Morgan fingerprint density at radius 1 is 1.37 bits per heavy atom. The van der Waals surface area contributed by atoms with Gasteiger partial charge in [-0.2, -0.15) is 0 Å². The van der Waals surface area contributed by atoms with E-state index in [0.717, 1.165) is 42.7 Å². The summed E-state index contributed by atoms with van der Waals surface area (Å²) in [5, 5.41) is 4.28. The lowest BCUT2D eigenvalue weighted by Crippen LogP contribution is -2.45. The number of carbonyl (C=O) groups excluding carboxylic acids is 1. The number of Topliss-reactive ketones (excluding diaryl/α,β-unsaturated/α-hetero) is 1. The maximum atomic E-state index is 12.2. The number of carbonyl (C=O) groups is 1. The van der Waals surface area contributed by atoms with E-state index >= 15 is 0 Å². The second kappa shape index (κ2) is 5.15. The van der Waals surface area contributed by atoms with E-state index in [1.165, 1.54) is 0 Å². The Morgan fingerprint density at radius 3 is 2.89 bits per heavy atom. The van der Waals surface area contributed by atoms with Crippen molar-refractivity contribution in [3.05, 3.63) is 35.6 Å². The van der Waals surface area contributed by atoms with Gasteiger partial charge in [-0.1, -0.05) is 18.2 Å². The third kappa shape index (κ3) is 2.55. The Balaban J connectivity index is 1.79. The molecule has 1 saturated heterocycles. The SMILES string of the molecule is Cc1cccc2cc(C(=O)CN3CCNCC3)oc12. The normalized spacial score (nSPS) is 16.9. The molecule has 1 aromatic carbocycles. The molecular formula is C15H18N2O2. The Hall–Kier alpha value is -1.65. The fraction of sp³-hybridized carbons (Fsp3) is 0.400. The van der Waals surface area contributed by atoms with Crippen LogP contribution in [0.2, 0.25) is 0 Å². The van der Waals surface area contributed by atoms with E-state index < -0.39 is 0 Å². The predicted octanol–water partition coefficient (Wildman–Crippen LogP) is 1.83. The van der Waals surface area contributed by atoms with Crippen molar-refractivity contribution in [1.29, 1.82) is 0 Å². The van der Waals surface area contributed by atoms with Crippen molar-refractivity contribution in [2.24, 2.45) is 0 Å². The number of piperazine rings is 1. The van der Waals surface area contributed by atoms with Gasteiger partial charge in [-0.25, -0.2) is 0 Å². The zero-order valence-corrected chi connectivity index (χ0v) is 11.1. The molecule has 1 aliphatic rings. The molecule has 0 aliphatic carbocycles. The summed E-state index contributed by atoms with van der Waals surface area (Å²) in [6.07, 6.45) is 0. The molecule has 100 valence electrons. The summed E-state index contributed by atoms with van der Waals surface area (Å²) in [5.74, 6) is 0.542. The number of furan rings is 1. The van der Waals surface area contributed by atoms with Crippen LogP contribution in [0.1, 0.15) is 16.1 Å². The van der Waals surface area contributed by atoms with E-state index in [2.05, 4.69) is 10.2 Å². The average Bonchev–Trinajstić information content (AvgIpc) is 2.85. The molecule has 19 heavy (non-hydrogen) atoms. The minimum atomic E-state index is 0.0671. The third-order valence-electron chi connectivity index (χ3n) is 3.59. The summed E-state index contributed by atoms with van der Waals surface area (Å²) in [4.78, 5) is 14.4. The fourth-order valence-corrected chi connectivity index (χ4v) is 2.50. The number of hydrogen-bond acceptors (Lipinski definition) is 4. The van der Waals surface area contributed by atoms with Gasteiger partial charge in [-0.3, -0.25) is 9.69 Å². The smallest absolute Gasteiger partial charge is 0.211 e. The topological polar surface area (TPSA) is 45.5 Å². The van der Waals surface area contributed by atoms with Crippen LogP contribution in [0.15, 0.2) is 28.7 Å². The predicted molar refractivity (Wildman–Crippen MR) is 74.6 cm³/mol. The molecule has 2 aromatic rings. The third-order valence-corrected chi connectivity index (χ3v) is 3.59. The quantitative estimate of drug-likeness (QED) is 0.853. The summed E-state index contributed by atoms with van der Waals surface area (Å²) in [6.45, 7) is 6.19. The van der Waals surface area contributed by atoms with Crippen molar-refractivity contribution in [2.45, 2.75) is 6.92 Å². The van der Waals surface area contributed by atoms with E-state index in [0.29, 0.717) is 12.3 Å². The lowest BCUT2D eigenvalue weighted by atomic mass is 10.1. The Labute approximate surface area is 112 Å². The van der Waals surface area contributed by atoms with Gasteiger partial charge in [0.05, 0.1) is 6.54 Å².